The Kier molecular flexibility index (Phi) is 13.9. The lowest BCUT2D eigenvalue weighted by Gasteiger charge is -2.12. The smallest absolute Gasteiger partial charge is 0.0937 e. The van der Waals surface area contributed by atoms with Gasteiger partial charge in [-0.2, -0.15) is 0 Å². The zero-order chi connectivity index (χ0) is 16.6. The number of aliphatic imine (C=N–C) groups is 1. The van der Waals surface area contributed by atoms with Gasteiger partial charge in [-0.25, -0.2) is 0 Å². The van der Waals surface area contributed by atoms with E-state index in [0.29, 0.717) is 5.92 Å². The van der Waals surface area contributed by atoms with Crippen molar-refractivity contribution in [3.8, 4) is 0 Å². The SMILES string of the molecule is C=CC(CC/C=N\C(CCC)=C(\CC)NCNF)CCNC. The first-order valence-electron chi connectivity index (χ1n) is 8.32. The largest absolute Gasteiger partial charge is 0.372 e. The molecule has 0 amide bonds. The molecule has 0 rings (SSSR count). The minimum atomic E-state index is 0.120. The molecule has 1 atom stereocenters. The fourth-order valence-corrected chi connectivity index (χ4v) is 2.27. The van der Waals surface area contributed by atoms with Crippen LogP contribution >= 0.6 is 0 Å². The number of allylic oxidation sites excluding steroid dienone is 3. The molecule has 0 aliphatic carbocycles. The van der Waals surface area contributed by atoms with Crippen molar-refractivity contribution in [2.45, 2.75) is 52.4 Å². The van der Waals surface area contributed by atoms with Gasteiger partial charge < -0.3 is 10.6 Å². The fraction of sp³-hybridized carbons (Fsp3) is 0.706. The lowest BCUT2D eigenvalue weighted by atomic mass is 10.00. The average molecular weight is 312 g/mol. The van der Waals surface area contributed by atoms with Crippen LogP contribution in [0.1, 0.15) is 52.4 Å². The van der Waals surface area contributed by atoms with E-state index in [1.54, 1.807) is 5.54 Å². The van der Waals surface area contributed by atoms with Crippen molar-refractivity contribution in [2.24, 2.45) is 10.9 Å². The molecule has 0 heterocycles. The maximum absolute atomic E-state index is 12.1. The Hall–Kier alpha value is -1.20. The Morgan fingerprint density at radius 3 is 2.64 bits per heavy atom. The molecule has 0 aromatic carbocycles. The van der Waals surface area contributed by atoms with Gasteiger partial charge in [0.25, 0.3) is 0 Å². The standard InChI is InChI=1S/C17H33FN4/c1-5-9-17(16(7-3)21-14-22-18)20-12-8-10-15(6-2)11-13-19-4/h6,12,15,19,21-22H,2,5,7-11,13-14H2,1,3-4H3/b17-16-,20-12-. The van der Waals surface area contributed by atoms with Gasteiger partial charge in [0.1, 0.15) is 0 Å². The van der Waals surface area contributed by atoms with Crippen molar-refractivity contribution in [2.75, 3.05) is 20.3 Å². The van der Waals surface area contributed by atoms with Crippen LogP contribution in [0.5, 0.6) is 0 Å². The molecule has 5 heteroatoms. The van der Waals surface area contributed by atoms with Gasteiger partial charge in [0.15, 0.2) is 0 Å². The molecular formula is C17H33FN4. The van der Waals surface area contributed by atoms with Crippen LogP contribution in [0.3, 0.4) is 0 Å². The molecule has 22 heavy (non-hydrogen) atoms. The summed E-state index contributed by atoms with van der Waals surface area (Å²) in [6.45, 7) is 9.21. The van der Waals surface area contributed by atoms with Crippen molar-refractivity contribution in [3.05, 3.63) is 24.0 Å². The molecule has 0 spiro atoms. The number of halogens is 1. The second kappa shape index (κ2) is 14.7. The van der Waals surface area contributed by atoms with Gasteiger partial charge in [-0.15, -0.1) is 16.6 Å². The lowest BCUT2D eigenvalue weighted by Crippen LogP contribution is -2.23. The highest BCUT2D eigenvalue weighted by molar-refractivity contribution is 5.59. The second-order valence-corrected chi connectivity index (χ2v) is 5.29. The van der Waals surface area contributed by atoms with Crippen LogP contribution in [0, 0.1) is 5.92 Å². The summed E-state index contributed by atoms with van der Waals surface area (Å²) >= 11 is 0. The Bertz CT molecular complexity index is 340. The Balaban J connectivity index is 4.52. The highest BCUT2D eigenvalue weighted by atomic mass is 19.2. The minimum Gasteiger partial charge on any atom is -0.372 e. The summed E-state index contributed by atoms with van der Waals surface area (Å²) in [4.78, 5) is 4.62. The number of rotatable bonds is 14. The Morgan fingerprint density at radius 2 is 2.09 bits per heavy atom. The van der Waals surface area contributed by atoms with Gasteiger partial charge in [-0.3, -0.25) is 4.99 Å². The van der Waals surface area contributed by atoms with Crippen LogP contribution in [-0.2, 0) is 0 Å². The number of nitrogens with zero attached hydrogens (tertiary/aromatic N) is 1. The maximum atomic E-state index is 12.1. The van der Waals surface area contributed by atoms with Crippen molar-refractivity contribution in [1.82, 2.24) is 16.2 Å². The van der Waals surface area contributed by atoms with Gasteiger partial charge in [0, 0.05) is 11.9 Å². The number of hydrogen-bond donors (Lipinski definition) is 3. The molecule has 0 saturated carbocycles. The van der Waals surface area contributed by atoms with E-state index < -0.39 is 0 Å². The molecule has 0 radical (unpaired) electrons. The first-order chi connectivity index (χ1) is 10.7. The van der Waals surface area contributed by atoms with E-state index in [4.69, 9.17) is 0 Å². The molecule has 0 aromatic rings. The normalized spacial score (nSPS) is 14.0. The van der Waals surface area contributed by atoms with Gasteiger partial charge >= 0.3 is 0 Å². The van der Waals surface area contributed by atoms with Gasteiger partial charge in [-0.1, -0.05) is 26.3 Å². The van der Waals surface area contributed by atoms with Crippen molar-refractivity contribution in [3.63, 3.8) is 0 Å². The minimum absolute atomic E-state index is 0.120. The van der Waals surface area contributed by atoms with Crippen LogP contribution in [0.15, 0.2) is 29.0 Å². The van der Waals surface area contributed by atoms with Crippen LogP contribution in [-0.4, -0.2) is 26.5 Å². The molecular weight excluding hydrogens is 279 g/mol. The molecule has 128 valence electrons. The summed E-state index contributed by atoms with van der Waals surface area (Å²) < 4.78 is 12.1. The summed E-state index contributed by atoms with van der Waals surface area (Å²) in [6.07, 6.45) is 9.88. The molecule has 0 aliphatic rings. The topological polar surface area (TPSA) is 48.5 Å². The summed E-state index contributed by atoms with van der Waals surface area (Å²) in [5, 5.41) is 6.21. The molecule has 1 unspecified atom stereocenters. The van der Waals surface area contributed by atoms with E-state index >= 15 is 0 Å². The predicted octanol–water partition coefficient (Wildman–Crippen LogP) is 3.69. The first kappa shape index (κ1) is 20.8. The summed E-state index contributed by atoms with van der Waals surface area (Å²) in [5.74, 6) is 0.525. The highest BCUT2D eigenvalue weighted by Crippen LogP contribution is 2.15. The Morgan fingerprint density at radius 1 is 1.32 bits per heavy atom. The third-order valence-corrected chi connectivity index (χ3v) is 3.57. The van der Waals surface area contributed by atoms with E-state index in [2.05, 4.69) is 36.1 Å². The molecule has 0 fully saturated rings. The number of hydrogen-bond acceptors (Lipinski definition) is 4. The molecule has 0 saturated heterocycles. The molecule has 0 aromatic heterocycles. The monoisotopic (exact) mass is 312 g/mol. The third-order valence-electron chi connectivity index (χ3n) is 3.57. The molecule has 4 nitrogen and oxygen atoms in total. The predicted molar refractivity (Wildman–Crippen MR) is 94.4 cm³/mol. The summed E-state index contributed by atoms with van der Waals surface area (Å²) in [7, 11) is 1.97. The summed E-state index contributed by atoms with van der Waals surface area (Å²) in [5.41, 5.74) is 3.67. The Labute approximate surface area is 135 Å². The quantitative estimate of drug-likeness (QED) is 0.198. The van der Waals surface area contributed by atoms with E-state index in [1.165, 1.54) is 0 Å². The van der Waals surface area contributed by atoms with Crippen LogP contribution < -0.4 is 16.2 Å². The van der Waals surface area contributed by atoms with Crippen molar-refractivity contribution in [1.29, 1.82) is 0 Å². The van der Waals surface area contributed by atoms with Crippen LogP contribution in [0.25, 0.3) is 0 Å². The zero-order valence-corrected chi connectivity index (χ0v) is 14.4. The van der Waals surface area contributed by atoms with Gasteiger partial charge in [-0.05, 0) is 51.6 Å². The van der Waals surface area contributed by atoms with Crippen molar-refractivity contribution < 1.29 is 4.48 Å². The van der Waals surface area contributed by atoms with Gasteiger partial charge in [0.05, 0.1) is 12.4 Å². The second-order valence-electron chi connectivity index (χ2n) is 5.29. The van der Waals surface area contributed by atoms with E-state index in [0.717, 1.165) is 56.5 Å². The first-order valence-corrected chi connectivity index (χ1v) is 8.32. The lowest BCUT2D eigenvalue weighted by molar-refractivity contribution is 0.323. The molecule has 0 bridgehead atoms. The van der Waals surface area contributed by atoms with E-state index in [9.17, 15) is 4.48 Å². The van der Waals surface area contributed by atoms with E-state index in [-0.39, 0.29) is 6.67 Å². The third kappa shape index (κ3) is 9.68. The average Bonchev–Trinajstić information content (AvgIpc) is 2.54. The maximum Gasteiger partial charge on any atom is 0.0937 e. The molecule has 0 aliphatic heterocycles. The number of nitrogens with one attached hydrogen (secondary N) is 3. The van der Waals surface area contributed by atoms with E-state index in [1.807, 2.05) is 19.3 Å². The highest BCUT2D eigenvalue weighted by Gasteiger charge is 2.04. The fourth-order valence-electron chi connectivity index (χ4n) is 2.27. The van der Waals surface area contributed by atoms with Crippen LogP contribution in [0.4, 0.5) is 4.48 Å². The summed E-state index contributed by atoms with van der Waals surface area (Å²) in [6, 6.07) is 0. The van der Waals surface area contributed by atoms with Gasteiger partial charge in [0.2, 0.25) is 0 Å². The molecule has 3 N–H and O–H groups in total. The van der Waals surface area contributed by atoms with Crippen LogP contribution in [0.2, 0.25) is 0 Å². The van der Waals surface area contributed by atoms with Crippen molar-refractivity contribution >= 4 is 6.21 Å². The zero-order valence-electron chi connectivity index (χ0n) is 14.4.